The fraction of sp³-hybridized carbons (Fsp3) is 0.182. The quantitative estimate of drug-likeness (QED) is 0.647. The van der Waals surface area contributed by atoms with Crippen molar-refractivity contribution in [1.29, 1.82) is 0 Å². The minimum absolute atomic E-state index is 0.208. The normalized spacial score (nSPS) is 10.7. The van der Waals surface area contributed by atoms with Crippen LogP contribution in [-0.4, -0.2) is 10.9 Å². The molecule has 0 unspecified atom stereocenters. The highest BCUT2D eigenvalue weighted by Crippen LogP contribution is 2.20. The average molecular weight is 363 g/mol. The third-order valence-corrected chi connectivity index (χ3v) is 4.24. The van der Waals surface area contributed by atoms with Crippen molar-refractivity contribution in [2.24, 2.45) is 0 Å². The van der Waals surface area contributed by atoms with Crippen molar-refractivity contribution in [3.63, 3.8) is 0 Å². The largest absolute Gasteiger partial charge is 0.348 e. The monoisotopic (exact) mass is 363 g/mol. The molecule has 3 aromatic rings. The number of rotatable bonds is 6. The molecule has 2 N–H and O–H groups in total. The van der Waals surface area contributed by atoms with Gasteiger partial charge in [0, 0.05) is 24.0 Å². The molecule has 4 nitrogen and oxygen atoms in total. The summed E-state index contributed by atoms with van der Waals surface area (Å²) in [4.78, 5) is 16.6. The van der Waals surface area contributed by atoms with E-state index in [4.69, 9.17) is 0 Å². The highest BCUT2D eigenvalue weighted by atomic mass is 19.1. The van der Waals surface area contributed by atoms with E-state index in [1.54, 1.807) is 30.5 Å². The van der Waals surface area contributed by atoms with E-state index in [-0.39, 0.29) is 11.7 Å². The van der Waals surface area contributed by atoms with Gasteiger partial charge in [-0.25, -0.2) is 9.37 Å². The maximum absolute atomic E-state index is 12.9. The first-order valence-electron chi connectivity index (χ1n) is 8.87. The minimum atomic E-state index is -0.295. The molecule has 0 fully saturated rings. The van der Waals surface area contributed by atoms with Crippen LogP contribution in [0.1, 0.15) is 41.3 Å². The fourth-order valence-corrected chi connectivity index (χ4v) is 2.63. The zero-order chi connectivity index (χ0) is 19.2. The average Bonchev–Trinajstić information content (AvgIpc) is 2.68. The number of aromatic nitrogens is 1. The van der Waals surface area contributed by atoms with Crippen molar-refractivity contribution >= 4 is 17.4 Å². The van der Waals surface area contributed by atoms with Crippen LogP contribution in [0.3, 0.4) is 0 Å². The van der Waals surface area contributed by atoms with Gasteiger partial charge in [0.2, 0.25) is 0 Å². The first-order chi connectivity index (χ1) is 13.0. The third kappa shape index (κ3) is 5.14. The lowest BCUT2D eigenvalue weighted by Gasteiger charge is -2.10. The predicted molar refractivity (Wildman–Crippen MR) is 106 cm³/mol. The minimum Gasteiger partial charge on any atom is -0.348 e. The van der Waals surface area contributed by atoms with E-state index < -0.39 is 0 Å². The highest BCUT2D eigenvalue weighted by molar-refractivity contribution is 5.94. The SMILES string of the molecule is CC(C)c1ccc(Nc2cc(C(=O)NCc3ccc(F)cc3)ccn2)cc1. The Morgan fingerprint density at radius 2 is 1.74 bits per heavy atom. The molecular weight excluding hydrogens is 341 g/mol. The van der Waals surface area contributed by atoms with Crippen LogP contribution in [-0.2, 0) is 6.54 Å². The van der Waals surface area contributed by atoms with Crippen LogP contribution in [0.5, 0.6) is 0 Å². The summed E-state index contributed by atoms with van der Waals surface area (Å²) in [6.45, 7) is 4.64. The first-order valence-corrected chi connectivity index (χ1v) is 8.87. The van der Waals surface area contributed by atoms with E-state index in [9.17, 15) is 9.18 Å². The number of pyridine rings is 1. The number of carbonyl (C=O) groups is 1. The van der Waals surface area contributed by atoms with E-state index >= 15 is 0 Å². The molecule has 138 valence electrons. The van der Waals surface area contributed by atoms with E-state index in [0.717, 1.165) is 11.3 Å². The van der Waals surface area contributed by atoms with E-state index in [1.807, 2.05) is 12.1 Å². The van der Waals surface area contributed by atoms with Crippen LogP contribution in [0.25, 0.3) is 0 Å². The van der Waals surface area contributed by atoms with Crippen LogP contribution < -0.4 is 10.6 Å². The second-order valence-corrected chi connectivity index (χ2v) is 6.64. The number of hydrogen-bond acceptors (Lipinski definition) is 3. The highest BCUT2D eigenvalue weighted by Gasteiger charge is 2.07. The van der Waals surface area contributed by atoms with Crippen LogP contribution >= 0.6 is 0 Å². The second kappa shape index (κ2) is 8.45. The summed E-state index contributed by atoms with van der Waals surface area (Å²) < 4.78 is 12.9. The van der Waals surface area contributed by atoms with Gasteiger partial charge in [-0.2, -0.15) is 0 Å². The summed E-state index contributed by atoms with van der Waals surface area (Å²) in [5, 5.41) is 6.04. The van der Waals surface area contributed by atoms with Crippen LogP contribution in [0.2, 0.25) is 0 Å². The number of hydrogen-bond donors (Lipinski definition) is 2. The van der Waals surface area contributed by atoms with Crippen molar-refractivity contribution < 1.29 is 9.18 Å². The Hall–Kier alpha value is -3.21. The molecule has 0 saturated carbocycles. The standard InChI is InChI=1S/C22H22FN3O/c1-15(2)17-5-9-20(10-6-17)26-21-13-18(11-12-24-21)22(27)25-14-16-3-7-19(23)8-4-16/h3-13,15H,14H2,1-2H3,(H,24,26)(H,25,27). The van der Waals surface area contributed by atoms with Crippen LogP contribution in [0, 0.1) is 5.82 Å². The zero-order valence-corrected chi connectivity index (χ0v) is 15.4. The lowest BCUT2D eigenvalue weighted by molar-refractivity contribution is 0.0951. The van der Waals surface area contributed by atoms with Gasteiger partial charge >= 0.3 is 0 Å². The maximum atomic E-state index is 12.9. The second-order valence-electron chi connectivity index (χ2n) is 6.64. The molecule has 3 rings (SSSR count). The Morgan fingerprint density at radius 1 is 1.04 bits per heavy atom. The number of amides is 1. The Morgan fingerprint density at radius 3 is 2.41 bits per heavy atom. The molecular formula is C22H22FN3O. The van der Waals surface area contributed by atoms with E-state index in [2.05, 4.69) is 41.6 Å². The molecule has 0 bridgehead atoms. The molecule has 0 spiro atoms. The Labute approximate surface area is 158 Å². The summed E-state index contributed by atoms with van der Waals surface area (Å²) in [5.41, 5.74) is 3.52. The molecule has 1 amide bonds. The number of anilines is 2. The number of nitrogens with zero attached hydrogens (tertiary/aromatic N) is 1. The van der Waals surface area contributed by atoms with Gasteiger partial charge in [-0.3, -0.25) is 4.79 Å². The maximum Gasteiger partial charge on any atom is 0.251 e. The molecule has 0 aliphatic heterocycles. The van der Waals surface area contributed by atoms with Crippen LogP contribution in [0.4, 0.5) is 15.9 Å². The molecule has 0 aliphatic carbocycles. The van der Waals surface area contributed by atoms with Crippen molar-refractivity contribution in [1.82, 2.24) is 10.3 Å². The van der Waals surface area contributed by atoms with Gasteiger partial charge in [0.25, 0.3) is 5.91 Å². The Balaban J connectivity index is 1.63. The van der Waals surface area contributed by atoms with Crippen molar-refractivity contribution in [2.75, 3.05) is 5.32 Å². The molecule has 2 aromatic carbocycles. The van der Waals surface area contributed by atoms with Crippen LogP contribution in [0.15, 0.2) is 66.9 Å². The van der Waals surface area contributed by atoms with Gasteiger partial charge in [0.15, 0.2) is 0 Å². The van der Waals surface area contributed by atoms with Gasteiger partial charge in [-0.05, 0) is 53.4 Å². The van der Waals surface area contributed by atoms with Gasteiger partial charge in [0.1, 0.15) is 11.6 Å². The lowest BCUT2D eigenvalue weighted by Crippen LogP contribution is -2.22. The van der Waals surface area contributed by atoms with Gasteiger partial charge < -0.3 is 10.6 Å². The number of benzene rings is 2. The summed E-state index contributed by atoms with van der Waals surface area (Å²) in [6.07, 6.45) is 1.59. The topological polar surface area (TPSA) is 54.0 Å². The Bertz CT molecular complexity index is 906. The van der Waals surface area contributed by atoms with Crippen molar-refractivity contribution in [3.8, 4) is 0 Å². The van der Waals surface area contributed by atoms with Gasteiger partial charge in [0.05, 0.1) is 0 Å². The summed E-state index contributed by atoms with van der Waals surface area (Å²) in [7, 11) is 0. The molecule has 5 heteroatoms. The first kappa shape index (κ1) is 18.6. The molecule has 27 heavy (non-hydrogen) atoms. The summed E-state index contributed by atoms with van der Waals surface area (Å²) in [5.74, 6) is 0.573. The van der Waals surface area contributed by atoms with Gasteiger partial charge in [-0.15, -0.1) is 0 Å². The smallest absolute Gasteiger partial charge is 0.251 e. The fourth-order valence-electron chi connectivity index (χ4n) is 2.63. The molecule has 0 saturated heterocycles. The third-order valence-electron chi connectivity index (χ3n) is 4.24. The molecule has 0 atom stereocenters. The molecule has 0 aliphatic rings. The van der Waals surface area contributed by atoms with E-state index in [0.29, 0.717) is 23.8 Å². The number of halogens is 1. The lowest BCUT2D eigenvalue weighted by atomic mass is 10.0. The predicted octanol–water partition coefficient (Wildman–Crippen LogP) is 5.02. The Kier molecular flexibility index (Phi) is 5.81. The summed E-state index contributed by atoms with van der Waals surface area (Å²) in [6, 6.07) is 17.6. The van der Waals surface area contributed by atoms with Crippen molar-refractivity contribution in [3.05, 3.63) is 89.4 Å². The molecule has 1 aromatic heterocycles. The van der Waals surface area contributed by atoms with E-state index in [1.165, 1.54) is 17.7 Å². The van der Waals surface area contributed by atoms with Gasteiger partial charge in [-0.1, -0.05) is 38.1 Å². The number of carbonyl (C=O) groups excluding carboxylic acids is 1. The number of nitrogens with one attached hydrogen (secondary N) is 2. The molecule has 1 heterocycles. The zero-order valence-electron chi connectivity index (χ0n) is 15.4. The molecule has 0 radical (unpaired) electrons. The summed E-state index contributed by atoms with van der Waals surface area (Å²) >= 11 is 0. The van der Waals surface area contributed by atoms with Crippen molar-refractivity contribution in [2.45, 2.75) is 26.3 Å².